The van der Waals surface area contributed by atoms with Crippen LogP contribution in [0.1, 0.15) is 30.9 Å². The van der Waals surface area contributed by atoms with Crippen LogP contribution in [0.25, 0.3) is 0 Å². The number of nitrogens with zero attached hydrogens (tertiary/aromatic N) is 1. The monoisotopic (exact) mass is 428 g/mol. The molecule has 0 atom stereocenters. The molecule has 0 heterocycles. The lowest BCUT2D eigenvalue weighted by Gasteiger charge is -2.16. The summed E-state index contributed by atoms with van der Waals surface area (Å²) in [7, 11) is 6.47. The number of carbonyl (C=O) groups excluding carboxylic acids is 1. The zero-order valence-corrected chi connectivity index (χ0v) is 18.9. The molecule has 168 valence electrons. The highest BCUT2D eigenvalue weighted by Gasteiger charge is 2.13. The van der Waals surface area contributed by atoms with Crippen LogP contribution in [0, 0.1) is 0 Å². The smallest absolute Gasteiger partial charge is 0.224 e. The maximum absolute atomic E-state index is 11.8. The molecule has 0 aromatic heterocycles. The maximum Gasteiger partial charge on any atom is 0.224 e. The molecule has 0 unspecified atom stereocenters. The molecule has 0 aliphatic heterocycles. The lowest BCUT2D eigenvalue weighted by molar-refractivity contribution is -0.116. The molecule has 2 aromatic rings. The highest BCUT2D eigenvalue weighted by molar-refractivity contribution is 5.90. The van der Waals surface area contributed by atoms with Crippen molar-refractivity contribution in [3.63, 3.8) is 0 Å². The van der Waals surface area contributed by atoms with E-state index in [1.54, 1.807) is 28.4 Å². The molecule has 0 bridgehead atoms. The maximum atomic E-state index is 11.8. The minimum absolute atomic E-state index is 0.0235. The first-order valence-corrected chi connectivity index (χ1v) is 10.2. The van der Waals surface area contributed by atoms with Gasteiger partial charge in [0.05, 0.1) is 21.3 Å². The van der Waals surface area contributed by atoms with E-state index in [0.717, 1.165) is 23.2 Å². The molecule has 2 rings (SSSR count). The first-order chi connectivity index (χ1) is 15.0. The van der Waals surface area contributed by atoms with E-state index in [9.17, 15) is 4.79 Å². The molecule has 0 aliphatic carbocycles. The van der Waals surface area contributed by atoms with E-state index in [4.69, 9.17) is 14.2 Å². The van der Waals surface area contributed by atoms with Crippen molar-refractivity contribution in [3.05, 3.63) is 47.5 Å². The van der Waals surface area contributed by atoms with Crippen LogP contribution in [0.3, 0.4) is 0 Å². The van der Waals surface area contributed by atoms with Gasteiger partial charge in [-0.15, -0.1) is 0 Å². The van der Waals surface area contributed by atoms with Gasteiger partial charge < -0.3 is 30.2 Å². The Balaban J connectivity index is 1.97. The van der Waals surface area contributed by atoms with Gasteiger partial charge in [-0.05, 0) is 41.8 Å². The van der Waals surface area contributed by atoms with Gasteiger partial charge in [0.25, 0.3) is 0 Å². The van der Waals surface area contributed by atoms with Gasteiger partial charge in [-0.1, -0.05) is 19.1 Å². The summed E-state index contributed by atoms with van der Waals surface area (Å²) in [6.45, 7) is 3.06. The molecule has 0 aliphatic rings. The summed E-state index contributed by atoms with van der Waals surface area (Å²) in [5.74, 6) is 2.43. The summed E-state index contributed by atoms with van der Waals surface area (Å²) in [6.07, 6.45) is 1.33. The topological polar surface area (TPSA) is 93.2 Å². The van der Waals surface area contributed by atoms with Gasteiger partial charge in [0.1, 0.15) is 0 Å². The van der Waals surface area contributed by atoms with Crippen LogP contribution in [0.5, 0.6) is 17.2 Å². The highest BCUT2D eigenvalue weighted by Crippen LogP contribution is 2.38. The number of hydrogen-bond donors (Lipinski definition) is 3. The van der Waals surface area contributed by atoms with Crippen molar-refractivity contribution >= 4 is 17.6 Å². The Morgan fingerprint density at radius 2 is 1.58 bits per heavy atom. The third-order valence-corrected chi connectivity index (χ3v) is 4.56. The molecule has 0 radical (unpaired) electrons. The third-order valence-electron chi connectivity index (χ3n) is 4.56. The van der Waals surface area contributed by atoms with E-state index in [1.165, 1.54) is 0 Å². The molecule has 0 saturated carbocycles. The van der Waals surface area contributed by atoms with Gasteiger partial charge in [0, 0.05) is 32.2 Å². The summed E-state index contributed by atoms with van der Waals surface area (Å²) >= 11 is 0. The molecule has 1 amide bonds. The number of benzene rings is 2. The average molecular weight is 429 g/mol. The molecule has 8 heteroatoms. The number of amides is 1. The van der Waals surface area contributed by atoms with Crippen LogP contribution in [0.15, 0.2) is 41.4 Å². The van der Waals surface area contributed by atoms with Crippen LogP contribution < -0.4 is 30.2 Å². The second-order valence-electron chi connectivity index (χ2n) is 6.81. The predicted octanol–water partition coefficient (Wildman–Crippen LogP) is 3.32. The van der Waals surface area contributed by atoms with Crippen molar-refractivity contribution in [3.8, 4) is 17.2 Å². The number of nitrogens with one attached hydrogen (secondary N) is 3. The van der Waals surface area contributed by atoms with E-state index >= 15 is 0 Å². The fourth-order valence-corrected chi connectivity index (χ4v) is 3.04. The Morgan fingerprint density at radius 3 is 2.13 bits per heavy atom. The van der Waals surface area contributed by atoms with Gasteiger partial charge in [0.15, 0.2) is 17.5 Å². The number of aliphatic imine (C=N–C) groups is 1. The summed E-state index contributed by atoms with van der Waals surface area (Å²) in [4.78, 5) is 16.1. The van der Waals surface area contributed by atoms with E-state index < -0.39 is 0 Å². The molecule has 3 N–H and O–H groups in total. The van der Waals surface area contributed by atoms with Crippen molar-refractivity contribution in [2.45, 2.75) is 32.9 Å². The largest absolute Gasteiger partial charge is 0.493 e. The zero-order valence-electron chi connectivity index (χ0n) is 18.9. The predicted molar refractivity (Wildman–Crippen MR) is 123 cm³/mol. The van der Waals surface area contributed by atoms with Crippen LogP contribution in [-0.4, -0.2) is 40.2 Å². The second-order valence-corrected chi connectivity index (χ2v) is 6.81. The van der Waals surface area contributed by atoms with E-state index in [0.29, 0.717) is 42.7 Å². The van der Waals surface area contributed by atoms with Gasteiger partial charge in [-0.2, -0.15) is 0 Å². The summed E-state index contributed by atoms with van der Waals surface area (Å²) < 4.78 is 16.2. The lowest BCUT2D eigenvalue weighted by atomic mass is 10.1. The van der Waals surface area contributed by atoms with E-state index in [1.807, 2.05) is 43.3 Å². The van der Waals surface area contributed by atoms with Crippen molar-refractivity contribution in [2.75, 3.05) is 33.7 Å². The quantitative estimate of drug-likeness (QED) is 0.397. The van der Waals surface area contributed by atoms with Crippen LogP contribution >= 0.6 is 0 Å². The molecular formula is C23H32N4O4. The van der Waals surface area contributed by atoms with E-state index in [-0.39, 0.29) is 5.91 Å². The SMILES string of the molecule is CCCC(=O)Nc1cccc(CNC(=NC)NCc2cc(OC)c(OC)c(OC)c2)c1. The Kier molecular flexibility index (Phi) is 9.48. The first kappa shape index (κ1) is 23.9. The van der Waals surface area contributed by atoms with Gasteiger partial charge in [-0.3, -0.25) is 9.79 Å². The minimum Gasteiger partial charge on any atom is -0.493 e. The normalized spacial score (nSPS) is 10.9. The number of guanidine groups is 1. The summed E-state index contributed by atoms with van der Waals surface area (Å²) in [5.41, 5.74) is 2.78. The first-order valence-electron chi connectivity index (χ1n) is 10.2. The van der Waals surface area contributed by atoms with Crippen molar-refractivity contribution in [1.82, 2.24) is 10.6 Å². The third kappa shape index (κ3) is 7.09. The Morgan fingerprint density at radius 1 is 0.935 bits per heavy atom. The van der Waals surface area contributed by atoms with Crippen LogP contribution in [0.4, 0.5) is 5.69 Å². The molecule has 31 heavy (non-hydrogen) atoms. The van der Waals surface area contributed by atoms with Crippen molar-refractivity contribution < 1.29 is 19.0 Å². The van der Waals surface area contributed by atoms with E-state index in [2.05, 4.69) is 20.9 Å². The minimum atomic E-state index is 0.0235. The Labute approximate surface area is 184 Å². The van der Waals surface area contributed by atoms with Crippen LogP contribution in [0.2, 0.25) is 0 Å². The fraction of sp³-hybridized carbons (Fsp3) is 0.391. The number of methoxy groups -OCH3 is 3. The molecule has 0 saturated heterocycles. The number of ether oxygens (including phenoxy) is 3. The summed E-state index contributed by atoms with van der Waals surface area (Å²) in [6, 6.07) is 11.5. The van der Waals surface area contributed by atoms with Gasteiger partial charge in [-0.25, -0.2) is 0 Å². The molecule has 2 aromatic carbocycles. The Hall–Kier alpha value is -3.42. The van der Waals surface area contributed by atoms with Gasteiger partial charge in [0.2, 0.25) is 11.7 Å². The number of anilines is 1. The number of hydrogen-bond acceptors (Lipinski definition) is 5. The summed E-state index contributed by atoms with van der Waals surface area (Å²) in [5, 5.41) is 9.47. The molecule has 8 nitrogen and oxygen atoms in total. The average Bonchev–Trinajstić information content (AvgIpc) is 2.78. The molecule has 0 spiro atoms. The van der Waals surface area contributed by atoms with Crippen LogP contribution in [-0.2, 0) is 17.9 Å². The number of carbonyl (C=O) groups is 1. The van der Waals surface area contributed by atoms with Crippen molar-refractivity contribution in [2.24, 2.45) is 4.99 Å². The lowest BCUT2D eigenvalue weighted by Crippen LogP contribution is -2.36. The zero-order chi connectivity index (χ0) is 22.6. The second kappa shape index (κ2) is 12.3. The standard InChI is InChI=1S/C23H32N4O4/c1-6-8-21(28)27-18-10-7-9-16(11-18)14-25-23(24-2)26-15-17-12-19(29-3)22(31-5)20(13-17)30-4/h7,9-13H,6,8,14-15H2,1-5H3,(H,27,28)(H2,24,25,26). The molecule has 0 fully saturated rings. The van der Waals surface area contributed by atoms with Gasteiger partial charge >= 0.3 is 0 Å². The molecular weight excluding hydrogens is 396 g/mol. The highest BCUT2D eigenvalue weighted by atomic mass is 16.5. The Bertz CT molecular complexity index is 874. The number of rotatable bonds is 10. The fourth-order valence-electron chi connectivity index (χ4n) is 3.04. The van der Waals surface area contributed by atoms with Crippen molar-refractivity contribution in [1.29, 1.82) is 0 Å².